The summed E-state index contributed by atoms with van der Waals surface area (Å²) < 4.78 is 6.38. The van der Waals surface area contributed by atoms with E-state index < -0.39 is 0 Å². The Bertz CT molecular complexity index is 855. The fourth-order valence-electron chi connectivity index (χ4n) is 4.09. The van der Waals surface area contributed by atoms with E-state index in [0.29, 0.717) is 0 Å². The second-order valence-electron chi connectivity index (χ2n) is 7.15. The third-order valence-corrected chi connectivity index (χ3v) is 5.33. The molecule has 6 nitrogen and oxygen atoms in total. The zero-order valence-corrected chi connectivity index (χ0v) is 14.6. The molecule has 1 atom stereocenters. The van der Waals surface area contributed by atoms with Gasteiger partial charge in [0.1, 0.15) is 17.0 Å². The number of benzene rings is 1. The van der Waals surface area contributed by atoms with Gasteiger partial charge in [-0.2, -0.15) is 0 Å². The molecule has 1 aromatic heterocycles. The standard InChI is InChI=1S/C20H23N3O3/c24-18-15(8-6-12-21-18)22-19(25)23-16-13-20(10-4-1-5-11-20)26-17-9-3-2-7-14(16)17/h2-3,6-9,12,16H,1,4-5,10-11,13H2,(H,21,24)(H2,22,23,25)/t16-/m1/s1. The molecule has 136 valence electrons. The van der Waals surface area contributed by atoms with Gasteiger partial charge in [0.2, 0.25) is 0 Å². The summed E-state index contributed by atoms with van der Waals surface area (Å²) in [6.45, 7) is 0. The number of rotatable bonds is 2. The van der Waals surface area contributed by atoms with Gasteiger partial charge in [-0.1, -0.05) is 24.6 Å². The Kier molecular flexibility index (Phi) is 4.41. The van der Waals surface area contributed by atoms with E-state index >= 15 is 0 Å². The van der Waals surface area contributed by atoms with Gasteiger partial charge >= 0.3 is 6.03 Å². The first-order valence-electron chi connectivity index (χ1n) is 9.18. The molecule has 0 unspecified atom stereocenters. The molecule has 1 aliphatic carbocycles. The highest BCUT2D eigenvalue weighted by atomic mass is 16.5. The van der Waals surface area contributed by atoms with E-state index in [1.54, 1.807) is 12.1 Å². The zero-order chi connectivity index (χ0) is 18.0. The lowest BCUT2D eigenvalue weighted by atomic mass is 9.77. The Morgan fingerprint density at radius 3 is 2.73 bits per heavy atom. The molecular formula is C20H23N3O3. The molecule has 1 saturated carbocycles. The fourth-order valence-corrected chi connectivity index (χ4v) is 4.09. The van der Waals surface area contributed by atoms with Crippen LogP contribution < -0.4 is 20.9 Å². The minimum absolute atomic E-state index is 0.138. The van der Waals surface area contributed by atoms with Crippen molar-refractivity contribution in [2.75, 3.05) is 5.32 Å². The summed E-state index contributed by atoms with van der Waals surface area (Å²) in [5.74, 6) is 0.850. The van der Waals surface area contributed by atoms with Crippen LogP contribution in [0, 0.1) is 0 Å². The van der Waals surface area contributed by atoms with Crippen molar-refractivity contribution in [3.63, 3.8) is 0 Å². The maximum absolute atomic E-state index is 12.5. The third kappa shape index (κ3) is 3.31. The summed E-state index contributed by atoms with van der Waals surface area (Å²) in [5, 5.41) is 5.68. The van der Waals surface area contributed by atoms with Crippen molar-refractivity contribution >= 4 is 11.7 Å². The number of nitrogens with one attached hydrogen (secondary N) is 3. The minimum Gasteiger partial charge on any atom is -0.487 e. The van der Waals surface area contributed by atoms with Gasteiger partial charge in [-0.3, -0.25) is 4.79 Å². The van der Waals surface area contributed by atoms with Gasteiger partial charge in [-0.15, -0.1) is 0 Å². The maximum Gasteiger partial charge on any atom is 0.319 e. The molecule has 1 spiro atoms. The average Bonchev–Trinajstić information content (AvgIpc) is 2.64. The van der Waals surface area contributed by atoms with E-state index in [9.17, 15) is 9.59 Å². The summed E-state index contributed by atoms with van der Waals surface area (Å²) in [5.41, 5.74) is 0.701. The molecule has 3 N–H and O–H groups in total. The number of carbonyl (C=O) groups excluding carboxylic acids is 1. The predicted octanol–water partition coefficient (Wildman–Crippen LogP) is 3.72. The SMILES string of the molecule is O=C(Nc1ccc[nH]c1=O)N[C@@H]1CC2(CCCCC2)Oc2ccccc21. The van der Waals surface area contributed by atoms with Gasteiger partial charge in [0.25, 0.3) is 5.56 Å². The second-order valence-corrected chi connectivity index (χ2v) is 7.15. The number of hydrogen-bond acceptors (Lipinski definition) is 3. The molecule has 1 fully saturated rings. The first-order valence-corrected chi connectivity index (χ1v) is 9.18. The number of H-pyrrole nitrogens is 1. The number of anilines is 1. The van der Waals surface area contributed by atoms with Crippen LogP contribution in [0.25, 0.3) is 0 Å². The highest BCUT2D eigenvalue weighted by Crippen LogP contribution is 2.45. The van der Waals surface area contributed by atoms with Crippen LogP contribution in [0.15, 0.2) is 47.4 Å². The topological polar surface area (TPSA) is 83.2 Å². The smallest absolute Gasteiger partial charge is 0.319 e. The van der Waals surface area contributed by atoms with Crippen LogP contribution in [0.5, 0.6) is 5.75 Å². The fraction of sp³-hybridized carbons (Fsp3) is 0.400. The van der Waals surface area contributed by atoms with Gasteiger partial charge in [0, 0.05) is 18.2 Å². The third-order valence-electron chi connectivity index (χ3n) is 5.33. The molecular weight excluding hydrogens is 330 g/mol. The number of carbonyl (C=O) groups is 1. The molecule has 0 bridgehead atoms. The number of fused-ring (bicyclic) bond motifs is 1. The zero-order valence-electron chi connectivity index (χ0n) is 14.6. The lowest BCUT2D eigenvalue weighted by molar-refractivity contribution is -0.000995. The van der Waals surface area contributed by atoms with Crippen LogP contribution in [-0.2, 0) is 0 Å². The number of urea groups is 1. The van der Waals surface area contributed by atoms with Gasteiger partial charge in [0.05, 0.1) is 6.04 Å². The van der Waals surface area contributed by atoms with E-state index in [-0.39, 0.29) is 28.9 Å². The number of aromatic amines is 1. The summed E-state index contributed by atoms with van der Waals surface area (Å²) >= 11 is 0. The van der Waals surface area contributed by atoms with E-state index in [1.807, 2.05) is 24.3 Å². The maximum atomic E-state index is 12.5. The lowest BCUT2D eigenvalue weighted by Gasteiger charge is -2.44. The Balaban J connectivity index is 1.55. The van der Waals surface area contributed by atoms with Crippen LogP contribution in [-0.4, -0.2) is 16.6 Å². The van der Waals surface area contributed by atoms with Crippen molar-refractivity contribution in [3.05, 3.63) is 58.5 Å². The molecule has 2 heterocycles. The van der Waals surface area contributed by atoms with Gasteiger partial charge in [-0.25, -0.2) is 4.79 Å². The van der Waals surface area contributed by atoms with E-state index in [1.165, 1.54) is 12.6 Å². The molecule has 0 radical (unpaired) electrons. The molecule has 4 rings (SSSR count). The largest absolute Gasteiger partial charge is 0.487 e. The summed E-state index contributed by atoms with van der Waals surface area (Å²) in [7, 11) is 0. The molecule has 26 heavy (non-hydrogen) atoms. The van der Waals surface area contributed by atoms with E-state index in [0.717, 1.165) is 43.4 Å². The van der Waals surface area contributed by atoms with Crippen molar-refractivity contribution < 1.29 is 9.53 Å². The monoisotopic (exact) mass is 353 g/mol. The first kappa shape index (κ1) is 16.7. The normalized spacial score (nSPS) is 20.7. The first-order chi connectivity index (χ1) is 12.7. The number of aromatic nitrogens is 1. The van der Waals surface area contributed by atoms with Crippen molar-refractivity contribution in [2.45, 2.75) is 50.2 Å². The lowest BCUT2D eigenvalue weighted by Crippen LogP contribution is -2.47. The number of amides is 2. The van der Waals surface area contributed by atoms with E-state index in [4.69, 9.17) is 4.74 Å². The van der Waals surface area contributed by atoms with Crippen molar-refractivity contribution in [1.82, 2.24) is 10.3 Å². The summed E-state index contributed by atoms with van der Waals surface area (Å²) in [6, 6.07) is 10.6. The second kappa shape index (κ2) is 6.86. The van der Waals surface area contributed by atoms with Crippen LogP contribution in [0.2, 0.25) is 0 Å². The number of ether oxygens (including phenoxy) is 1. The molecule has 1 aromatic carbocycles. The summed E-state index contributed by atoms with van der Waals surface area (Å²) in [6.07, 6.45) is 7.86. The van der Waals surface area contributed by atoms with Crippen LogP contribution in [0.3, 0.4) is 0 Å². The van der Waals surface area contributed by atoms with Crippen LogP contribution in [0.4, 0.5) is 10.5 Å². The Morgan fingerprint density at radius 2 is 1.92 bits per heavy atom. The molecule has 2 amide bonds. The van der Waals surface area contributed by atoms with Gasteiger partial charge in [-0.05, 0) is 43.9 Å². The molecule has 6 heteroatoms. The van der Waals surface area contributed by atoms with Crippen LogP contribution in [0.1, 0.15) is 50.1 Å². The van der Waals surface area contributed by atoms with E-state index in [2.05, 4.69) is 15.6 Å². The van der Waals surface area contributed by atoms with Crippen molar-refractivity contribution in [1.29, 1.82) is 0 Å². The molecule has 2 aliphatic rings. The molecule has 2 aromatic rings. The summed E-state index contributed by atoms with van der Waals surface area (Å²) in [4.78, 5) is 26.8. The number of para-hydroxylation sites is 1. The quantitative estimate of drug-likeness (QED) is 0.769. The molecule has 1 aliphatic heterocycles. The van der Waals surface area contributed by atoms with Gasteiger partial charge < -0.3 is 20.4 Å². The average molecular weight is 353 g/mol. The number of hydrogen-bond donors (Lipinski definition) is 3. The molecule has 0 saturated heterocycles. The Morgan fingerprint density at radius 1 is 1.12 bits per heavy atom. The van der Waals surface area contributed by atoms with Gasteiger partial charge in [0.15, 0.2) is 0 Å². The minimum atomic E-state index is -0.380. The number of pyridine rings is 1. The van der Waals surface area contributed by atoms with Crippen LogP contribution >= 0.6 is 0 Å². The Hall–Kier alpha value is -2.76. The van der Waals surface area contributed by atoms with Crippen molar-refractivity contribution in [2.24, 2.45) is 0 Å². The highest BCUT2D eigenvalue weighted by molar-refractivity contribution is 5.89. The van der Waals surface area contributed by atoms with Crippen molar-refractivity contribution in [3.8, 4) is 5.75 Å². The Labute approximate surface area is 152 Å². The highest BCUT2D eigenvalue weighted by Gasteiger charge is 2.42. The predicted molar refractivity (Wildman–Crippen MR) is 99.5 cm³/mol.